The van der Waals surface area contributed by atoms with Crippen LogP contribution in [0.1, 0.15) is 67.2 Å². The zero-order valence-corrected chi connectivity index (χ0v) is 10.5. The topological polar surface area (TPSA) is 12.0 Å². The van der Waals surface area contributed by atoms with Crippen LogP contribution in [0.25, 0.3) is 0 Å². The van der Waals surface area contributed by atoms with Crippen molar-refractivity contribution in [3.05, 3.63) is 0 Å². The van der Waals surface area contributed by atoms with Crippen LogP contribution >= 0.6 is 0 Å². The Bertz CT molecular complexity index is 77.6. The number of rotatable bonds is 4. The third-order valence-electron chi connectivity index (χ3n) is 1.66. The molecule has 82 valence electrons. The van der Waals surface area contributed by atoms with Crippen LogP contribution in [0, 0.1) is 0 Å². The lowest BCUT2D eigenvalue weighted by Crippen LogP contribution is -2.35. The Morgan fingerprint density at radius 2 is 1.23 bits per heavy atom. The minimum Gasteiger partial charge on any atom is -0.312 e. The predicted molar refractivity (Wildman–Crippen MR) is 63.2 cm³/mol. The number of unbranched alkanes of at least 4 members (excludes halogenated alkanes) is 3. The highest BCUT2D eigenvalue weighted by atomic mass is 14.9. The zero-order chi connectivity index (χ0) is 10.7. The molecule has 0 unspecified atom stereocenters. The Balaban J connectivity index is 0. The van der Waals surface area contributed by atoms with Crippen LogP contribution in [0.4, 0.5) is 0 Å². The van der Waals surface area contributed by atoms with Gasteiger partial charge in [-0.15, -0.1) is 0 Å². The number of hydrogen-bond acceptors (Lipinski definition) is 1. The van der Waals surface area contributed by atoms with Gasteiger partial charge in [0.05, 0.1) is 0 Å². The Kier molecular flexibility index (Phi) is 11.9. The van der Waals surface area contributed by atoms with E-state index in [0.29, 0.717) is 5.54 Å². The van der Waals surface area contributed by atoms with Gasteiger partial charge in [0.1, 0.15) is 0 Å². The van der Waals surface area contributed by atoms with E-state index in [4.69, 9.17) is 0 Å². The molecule has 1 N–H and O–H groups in total. The minimum absolute atomic E-state index is 0.300. The maximum absolute atomic E-state index is 3.28. The highest BCUT2D eigenvalue weighted by Crippen LogP contribution is 1.96. The van der Waals surface area contributed by atoms with Gasteiger partial charge < -0.3 is 5.32 Å². The van der Waals surface area contributed by atoms with Gasteiger partial charge in [-0.05, 0) is 27.3 Å². The van der Waals surface area contributed by atoms with Crippen LogP contribution in [0.2, 0.25) is 0 Å². The highest BCUT2D eigenvalue weighted by molar-refractivity contribution is 4.67. The fourth-order valence-corrected chi connectivity index (χ4v) is 1.03. The summed E-state index contributed by atoms with van der Waals surface area (Å²) in [6.07, 6.45) is 5.54. The van der Waals surface area contributed by atoms with Crippen LogP contribution in [-0.4, -0.2) is 12.1 Å². The molecule has 0 aromatic rings. The monoisotopic (exact) mass is 187 g/mol. The van der Waals surface area contributed by atoms with Gasteiger partial charge in [-0.3, -0.25) is 0 Å². The Morgan fingerprint density at radius 3 is 1.31 bits per heavy atom. The molecular weight excluding hydrogens is 158 g/mol. The fourth-order valence-electron chi connectivity index (χ4n) is 1.03. The van der Waals surface area contributed by atoms with Crippen LogP contribution in [-0.2, 0) is 0 Å². The second-order valence-corrected chi connectivity index (χ2v) is 4.49. The van der Waals surface area contributed by atoms with Gasteiger partial charge in [-0.25, -0.2) is 0 Å². The molecule has 13 heavy (non-hydrogen) atoms. The molecule has 0 aliphatic rings. The molecule has 0 atom stereocenters. The molecule has 0 rings (SSSR count). The standard InChI is InChI=1S/C6H15N.C6H14/c1-5-7-6(2,3)4;1-3-5-6-4-2/h7H,5H2,1-4H3;3-6H2,1-2H3. The average molecular weight is 187 g/mol. The molecule has 1 nitrogen and oxygen atoms in total. The first-order valence-corrected chi connectivity index (χ1v) is 5.72. The minimum atomic E-state index is 0.300. The van der Waals surface area contributed by atoms with E-state index < -0.39 is 0 Å². The average Bonchev–Trinajstić information content (AvgIpc) is 1.99. The van der Waals surface area contributed by atoms with Gasteiger partial charge in [-0.2, -0.15) is 0 Å². The second kappa shape index (κ2) is 10.0. The van der Waals surface area contributed by atoms with E-state index in [9.17, 15) is 0 Å². The maximum atomic E-state index is 3.28. The molecule has 0 fully saturated rings. The molecule has 0 radical (unpaired) electrons. The lowest BCUT2D eigenvalue weighted by molar-refractivity contribution is 0.439. The summed E-state index contributed by atoms with van der Waals surface area (Å²) in [6, 6.07) is 0. The van der Waals surface area contributed by atoms with E-state index in [1.54, 1.807) is 0 Å². The summed E-state index contributed by atoms with van der Waals surface area (Å²) >= 11 is 0. The van der Waals surface area contributed by atoms with Crippen LogP contribution in [0.15, 0.2) is 0 Å². The molecule has 0 heterocycles. The molecule has 0 aliphatic heterocycles. The second-order valence-electron chi connectivity index (χ2n) is 4.49. The predicted octanol–water partition coefficient (Wildman–Crippen LogP) is 3.98. The Morgan fingerprint density at radius 1 is 0.846 bits per heavy atom. The third kappa shape index (κ3) is 24.5. The van der Waals surface area contributed by atoms with E-state index in [1.807, 2.05) is 0 Å². The summed E-state index contributed by atoms with van der Waals surface area (Å²) in [5.74, 6) is 0. The van der Waals surface area contributed by atoms with Crippen molar-refractivity contribution >= 4 is 0 Å². The van der Waals surface area contributed by atoms with Gasteiger partial charge in [-0.1, -0.05) is 46.5 Å². The number of nitrogens with one attached hydrogen (secondary N) is 1. The van der Waals surface area contributed by atoms with Crippen LogP contribution in [0.5, 0.6) is 0 Å². The van der Waals surface area contributed by atoms with E-state index >= 15 is 0 Å². The van der Waals surface area contributed by atoms with Gasteiger partial charge in [0, 0.05) is 5.54 Å². The Labute approximate surface area is 85.3 Å². The van der Waals surface area contributed by atoms with Crippen molar-refractivity contribution in [2.24, 2.45) is 0 Å². The van der Waals surface area contributed by atoms with E-state index in [1.165, 1.54) is 25.7 Å². The highest BCUT2D eigenvalue weighted by Gasteiger charge is 2.04. The summed E-state index contributed by atoms with van der Waals surface area (Å²) in [5, 5.41) is 3.28. The summed E-state index contributed by atoms with van der Waals surface area (Å²) in [5.41, 5.74) is 0.300. The lowest BCUT2D eigenvalue weighted by atomic mass is 10.1. The summed E-state index contributed by atoms with van der Waals surface area (Å²) in [6.45, 7) is 14.1. The first kappa shape index (κ1) is 15.4. The zero-order valence-electron chi connectivity index (χ0n) is 10.5. The van der Waals surface area contributed by atoms with Crippen molar-refractivity contribution < 1.29 is 0 Å². The quantitative estimate of drug-likeness (QED) is 0.656. The molecule has 0 aromatic carbocycles. The van der Waals surface area contributed by atoms with Crippen molar-refractivity contribution in [2.45, 2.75) is 72.8 Å². The lowest BCUT2D eigenvalue weighted by Gasteiger charge is -2.18. The Hall–Kier alpha value is -0.0400. The molecule has 0 aliphatic carbocycles. The molecular formula is C12H29N. The van der Waals surface area contributed by atoms with Crippen LogP contribution < -0.4 is 5.32 Å². The van der Waals surface area contributed by atoms with Crippen molar-refractivity contribution in [1.29, 1.82) is 0 Å². The summed E-state index contributed by atoms with van der Waals surface area (Å²) in [7, 11) is 0. The summed E-state index contributed by atoms with van der Waals surface area (Å²) in [4.78, 5) is 0. The van der Waals surface area contributed by atoms with Crippen molar-refractivity contribution in [1.82, 2.24) is 5.32 Å². The van der Waals surface area contributed by atoms with E-state index in [-0.39, 0.29) is 0 Å². The SMILES string of the molecule is CCCCCC.CCNC(C)(C)C. The van der Waals surface area contributed by atoms with E-state index in [0.717, 1.165) is 6.54 Å². The summed E-state index contributed by atoms with van der Waals surface area (Å²) < 4.78 is 0. The molecule has 0 saturated heterocycles. The maximum Gasteiger partial charge on any atom is 0.00963 e. The van der Waals surface area contributed by atoms with Crippen molar-refractivity contribution in [3.8, 4) is 0 Å². The number of hydrogen-bond donors (Lipinski definition) is 1. The van der Waals surface area contributed by atoms with Crippen molar-refractivity contribution in [3.63, 3.8) is 0 Å². The first-order chi connectivity index (χ1) is 5.97. The smallest absolute Gasteiger partial charge is 0.00963 e. The normalized spacial score (nSPS) is 10.6. The third-order valence-corrected chi connectivity index (χ3v) is 1.66. The van der Waals surface area contributed by atoms with Gasteiger partial charge in [0.25, 0.3) is 0 Å². The van der Waals surface area contributed by atoms with Crippen LogP contribution in [0.3, 0.4) is 0 Å². The molecule has 1 heteroatoms. The molecule has 0 bridgehead atoms. The molecule has 0 saturated carbocycles. The van der Waals surface area contributed by atoms with E-state index in [2.05, 4.69) is 46.9 Å². The van der Waals surface area contributed by atoms with Gasteiger partial charge >= 0.3 is 0 Å². The van der Waals surface area contributed by atoms with Gasteiger partial charge in [0.15, 0.2) is 0 Å². The fraction of sp³-hybridized carbons (Fsp3) is 1.00. The van der Waals surface area contributed by atoms with Gasteiger partial charge in [0.2, 0.25) is 0 Å². The van der Waals surface area contributed by atoms with Crippen molar-refractivity contribution in [2.75, 3.05) is 6.54 Å². The largest absolute Gasteiger partial charge is 0.312 e. The molecule has 0 aromatic heterocycles. The first-order valence-electron chi connectivity index (χ1n) is 5.72. The molecule has 0 amide bonds. The molecule has 0 spiro atoms.